The van der Waals surface area contributed by atoms with Gasteiger partial charge in [-0.05, 0) is 56.3 Å². The van der Waals surface area contributed by atoms with Crippen molar-refractivity contribution in [2.24, 2.45) is 22.7 Å². The second-order valence-electron chi connectivity index (χ2n) is 10.8. The van der Waals surface area contributed by atoms with Crippen molar-refractivity contribution in [3.63, 3.8) is 0 Å². The van der Waals surface area contributed by atoms with Crippen molar-refractivity contribution in [1.29, 1.82) is 0 Å². The highest BCUT2D eigenvalue weighted by Crippen LogP contribution is 2.70. The van der Waals surface area contributed by atoms with Gasteiger partial charge in [0.15, 0.2) is 23.7 Å². The number of Topliss-reactive ketones (excluding diaryl/α,β-unsaturated/α-hetero) is 1. The number of carbonyl (C=O) groups excluding carboxylic acids is 4. The lowest BCUT2D eigenvalue weighted by Crippen LogP contribution is -2.70. The SMILES string of the molecule is CCC(=O)O[C@]1(C(=O)COC(C)=O)CCC2C3C[C@H](F)C4=CC(=O)C=CC4(C)[C@@]3(F)C(O)CC21C. The molecule has 7 nitrogen and oxygen atoms in total. The number of alkyl halides is 2. The van der Waals surface area contributed by atoms with Crippen molar-refractivity contribution in [1.82, 2.24) is 0 Å². The zero-order chi connectivity index (χ0) is 26.0. The van der Waals surface area contributed by atoms with Gasteiger partial charge < -0.3 is 14.6 Å². The number of rotatable bonds is 5. The van der Waals surface area contributed by atoms with Crippen molar-refractivity contribution >= 4 is 23.5 Å². The fraction of sp³-hybridized carbons (Fsp3) is 0.692. The number of hydrogen-bond donors (Lipinski definition) is 1. The topological polar surface area (TPSA) is 107 Å². The van der Waals surface area contributed by atoms with Crippen LogP contribution in [0.4, 0.5) is 8.78 Å². The fourth-order valence-corrected chi connectivity index (χ4v) is 7.42. The van der Waals surface area contributed by atoms with Gasteiger partial charge in [-0.2, -0.15) is 0 Å². The van der Waals surface area contributed by atoms with E-state index in [2.05, 4.69) is 0 Å². The van der Waals surface area contributed by atoms with Gasteiger partial charge in [0.25, 0.3) is 0 Å². The van der Waals surface area contributed by atoms with Crippen LogP contribution in [-0.2, 0) is 28.7 Å². The molecule has 0 heterocycles. The Balaban J connectivity index is 1.81. The Morgan fingerprint density at radius 2 is 1.91 bits per heavy atom. The molecular formula is C26H32F2O7. The number of allylic oxidation sites excluding steroid dienone is 4. The Morgan fingerprint density at radius 3 is 2.54 bits per heavy atom. The summed E-state index contributed by atoms with van der Waals surface area (Å²) in [7, 11) is 0. The van der Waals surface area contributed by atoms with Crippen molar-refractivity contribution in [3.05, 3.63) is 23.8 Å². The van der Waals surface area contributed by atoms with E-state index in [1.54, 1.807) is 13.8 Å². The second kappa shape index (κ2) is 8.32. The number of carbonyl (C=O) groups is 4. The van der Waals surface area contributed by atoms with Gasteiger partial charge in [-0.3, -0.25) is 19.2 Å². The van der Waals surface area contributed by atoms with Gasteiger partial charge >= 0.3 is 11.9 Å². The largest absolute Gasteiger partial charge is 0.458 e. The van der Waals surface area contributed by atoms with Crippen molar-refractivity contribution in [2.45, 2.75) is 83.3 Å². The molecule has 0 aromatic carbocycles. The van der Waals surface area contributed by atoms with Gasteiger partial charge in [0.2, 0.25) is 5.78 Å². The Kier molecular flexibility index (Phi) is 6.10. The van der Waals surface area contributed by atoms with Gasteiger partial charge in [-0.15, -0.1) is 0 Å². The highest BCUT2D eigenvalue weighted by molar-refractivity contribution is 6.01. The van der Waals surface area contributed by atoms with E-state index in [-0.39, 0.29) is 37.7 Å². The summed E-state index contributed by atoms with van der Waals surface area (Å²) >= 11 is 0. The summed E-state index contributed by atoms with van der Waals surface area (Å²) in [4.78, 5) is 49.2. The smallest absolute Gasteiger partial charge is 0.306 e. The quantitative estimate of drug-likeness (QED) is 0.585. The van der Waals surface area contributed by atoms with E-state index in [1.807, 2.05) is 0 Å². The molecule has 0 saturated heterocycles. The number of esters is 2. The van der Waals surface area contributed by atoms with E-state index >= 15 is 8.78 Å². The Hall–Kier alpha value is -2.42. The van der Waals surface area contributed by atoms with Crippen molar-refractivity contribution < 1.29 is 42.5 Å². The van der Waals surface area contributed by atoms with Crippen LogP contribution >= 0.6 is 0 Å². The van der Waals surface area contributed by atoms with E-state index in [1.165, 1.54) is 19.1 Å². The van der Waals surface area contributed by atoms with Gasteiger partial charge in [0.05, 0.1) is 6.10 Å². The maximum atomic E-state index is 17.2. The first-order valence-corrected chi connectivity index (χ1v) is 12.1. The van der Waals surface area contributed by atoms with Crippen LogP contribution in [0.25, 0.3) is 0 Å². The number of fused-ring (bicyclic) bond motifs is 5. The van der Waals surface area contributed by atoms with Crippen LogP contribution in [0, 0.1) is 22.7 Å². The van der Waals surface area contributed by atoms with Crippen molar-refractivity contribution in [2.75, 3.05) is 6.61 Å². The molecule has 5 unspecified atom stereocenters. The van der Waals surface area contributed by atoms with E-state index in [4.69, 9.17) is 9.47 Å². The van der Waals surface area contributed by atoms with E-state index < -0.39 is 76.3 Å². The predicted molar refractivity (Wildman–Crippen MR) is 119 cm³/mol. The van der Waals surface area contributed by atoms with E-state index in [0.29, 0.717) is 0 Å². The highest BCUT2D eigenvalue weighted by Gasteiger charge is 2.76. The lowest BCUT2D eigenvalue weighted by Gasteiger charge is -2.63. The molecule has 0 amide bonds. The third-order valence-electron chi connectivity index (χ3n) is 9.18. The normalized spacial score (nSPS) is 44.0. The van der Waals surface area contributed by atoms with Crippen LogP contribution in [-0.4, -0.2) is 58.8 Å². The fourth-order valence-electron chi connectivity index (χ4n) is 7.42. The monoisotopic (exact) mass is 494 g/mol. The minimum atomic E-state index is -2.30. The molecule has 0 radical (unpaired) electrons. The molecule has 192 valence electrons. The number of aliphatic hydroxyl groups is 1. The van der Waals surface area contributed by atoms with E-state index in [0.717, 1.165) is 13.0 Å². The molecule has 4 aliphatic carbocycles. The van der Waals surface area contributed by atoms with Crippen LogP contribution in [0.3, 0.4) is 0 Å². The minimum absolute atomic E-state index is 0.0130. The lowest BCUT2D eigenvalue weighted by molar-refractivity contribution is -0.229. The number of ketones is 2. The van der Waals surface area contributed by atoms with Gasteiger partial charge in [-0.25, -0.2) is 8.78 Å². The molecule has 35 heavy (non-hydrogen) atoms. The van der Waals surface area contributed by atoms with Crippen LogP contribution in [0.2, 0.25) is 0 Å². The molecule has 0 aliphatic heterocycles. The Labute approximate surface area is 202 Å². The molecule has 0 bridgehead atoms. The summed E-state index contributed by atoms with van der Waals surface area (Å²) in [5.41, 5.74) is -6.80. The molecular weight excluding hydrogens is 462 g/mol. The molecule has 8 atom stereocenters. The summed E-state index contributed by atoms with van der Waals surface area (Å²) in [6.07, 6.45) is 0.214. The van der Waals surface area contributed by atoms with Gasteiger partial charge in [-0.1, -0.05) is 19.9 Å². The summed E-state index contributed by atoms with van der Waals surface area (Å²) in [5.74, 6) is -4.01. The summed E-state index contributed by atoms with van der Waals surface area (Å²) < 4.78 is 43.4. The third-order valence-corrected chi connectivity index (χ3v) is 9.18. The minimum Gasteiger partial charge on any atom is -0.458 e. The molecule has 3 saturated carbocycles. The summed E-state index contributed by atoms with van der Waals surface area (Å²) in [6.45, 7) is 5.26. The van der Waals surface area contributed by atoms with Crippen LogP contribution in [0.5, 0.6) is 0 Å². The average molecular weight is 495 g/mol. The standard InChI is InChI=1S/C26H32F2O7/c1-5-22(33)35-25(21(32)13-34-14(2)29)9-7-16-17-11-19(27)18-10-15(30)6-8-23(18,3)26(17,28)20(31)12-24(16,25)4/h6,8,10,16-17,19-20,31H,5,7,9,11-13H2,1-4H3/t16?,17?,19-,20?,23?,24?,25-,26-/m0/s1. The van der Waals surface area contributed by atoms with Crippen molar-refractivity contribution in [3.8, 4) is 0 Å². The predicted octanol–water partition coefficient (Wildman–Crippen LogP) is 3.13. The first-order chi connectivity index (χ1) is 16.3. The maximum Gasteiger partial charge on any atom is 0.306 e. The zero-order valence-corrected chi connectivity index (χ0v) is 20.4. The Bertz CT molecular complexity index is 1040. The maximum absolute atomic E-state index is 17.2. The van der Waals surface area contributed by atoms with Crippen LogP contribution < -0.4 is 0 Å². The second-order valence-corrected chi connectivity index (χ2v) is 10.8. The molecule has 9 heteroatoms. The summed E-state index contributed by atoms with van der Waals surface area (Å²) in [5, 5.41) is 11.4. The number of ether oxygens (including phenoxy) is 2. The molecule has 4 aliphatic rings. The van der Waals surface area contributed by atoms with E-state index in [9.17, 15) is 24.3 Å². The first kappa shape index (κ1) is 25.7. The first-order valence-electron chi connectivity index (χ1n) is 12.1. The molecule has 1 N–H and O–H groups in total. The lowest BCUT2D eigenvalue weighted by atomic mass is 9.44. The Morgan fingerprint density at radius 1 is 1.23 bits per heavy atom. The molecule has 4 rings (SSSR count). The third kappa shape index (κ3) is 3.37. The van der Waals surface area contributed by atoms with Gasteiger partial charge in [0, 0.05) is 30.1 Å². The van der Waals surface area contributed by atoms with Crippen LogP contribution in [0.1, 0.15) is 59.8 Å². The molecule has 0 spiro atoms. The highest BCUT2D eigenvalue weighted by atomic mass is 19.1. The average Bonchev–Trinajstić information content (AvgIpc) is 3.08. The molecule has 3 fully saturated rings. The summed E-state index contributed by atoms with van der Waals surface area (Å²) in [6, 6.07) is 0. The van der Waals surface area contributed by atoms with Gasteiger partial charge in [0.1, 0.15) is 6.17 Å². The van der Waals surface area contributed by atoms with Crippen LogP contribution in [0.15, 0.2) is 23.8 Å². The number of aliphatic hydroxyl groups excluding tert-OH is 1. The number of hydrogen-bond acceptors (Lipinski definition) is 7. The zero-order valence-electron chi connectivity index (χ0n) is 20.4. The molecule has 0 aromatic heterocycles. The number of halogens is 2. The molecule has 0 aromatic rings.